The number of anilines is 1. The van der Waals surface area contributed by atoms with Gasteiger partial charge in [-0.2, -0.15) is 5.10 Å². The molecule has 94 valence electrons. The maximum Gasteiger partial charge on any atom is 0.245 e. The van der Waals surface area contributed by atoms with Crippen LogP contribution in [0.3, 0.4) is 0 Å². The number of aryl methyl sites for hydroxylation is 2. The van der Waals surface area contributed by atoms with E-state index in [-0.39, 0.29) is 0 Å². The number of hydrogen-bond acceptors (Lipinski definition) is 5. The first kappa shape index (κ1) is 12.2. The first-order valence-electron chi connectivity index (χ1n) is 6.30. The van der Waals surface area contributed by atoms with E-state index >= 15 is 0 Å². The quantitative estimate of drug-likeness (QED) is 0.830. The summed E-state index contributed by atoms with van der Waals surface area (Å²) in [4.78, 5) is 6.71. The third kappa shape index (κ3) is 2.54. The number of piperidine rings is 1. The molecule has 1 aliphatic heterocycles. The van der Waals surface area contributed by atoms with E-state index in [1.54, 1.807) is 0 Å². The molecule has 1 aliphatic rings. The van der Waals surface area contributed by atoms with Crippen LogP contribution in [0.2, 0.25) is 0 Å². The second-order valence-corrected chi connectivity index (χ2v) is 4.85. The first-order valence-corrected chi connectivity index (χ1v) is 6.30. The van der Waals surface area contributed by atoms with E-state index in [4.69, 9.17) is 5.73 Å². The Bertz CT molecular complexity index is 392. The SMILES string of the molecule is CCC1CN(c2nnc(C)c(C)n2)CCC1N. The number of hydrogen-bond donors (Lipinski definition) is 1. The van der Waals surface area contributed by atoms with Gasteiger partial charge in [-0.25, -0.2) is 4.98 Å². The van der Waals surface area contributed by atoms with Gasteiger partial charge in [-0.1, -0.05) is 13.3 Å². The van der Waals surface area contributed by atoms with Gasteiger partial charge < -0.3 is 10.6 Å². The molecule has 0 radical (unpaired) electrons. The van der Waals surface area contributed by atoms with Gasteiger partial charge >= 0.3 is 0 Å². The summed E-state index contributed by atoms with van der Waals surface area (Å²) in [6, 6.07) is 0.316. The average molecular weight is 235 g/mol. The van der Waals surface area contributed by atoms with E-state index in [2.05, 4.69) is 27.0 Å². The van der Waals surface area contributed by atoms with Crippen molar-refractivity contribution in [2.24, 2.45) is 11.7 Å². The summed E-state index contributed by atoms with van der Waals surface area (Å²) in [5.74, 6) is 1.28. The zero-order valence-corrected chi connectivity index (χ0v) is 10.8. The van der Waals surface area contributed by atoms with Gasteiger partial charge in [0.15, 0.2) is 0 Å². The van der Waals surface area contributed by atoms with E-state index in [0.717, 1.165) is 43.3 Å². The van der Waals surface area contributed by atoms with Gasteiger partial charge in [0.05, 0.1) is 11.4 Å². The van der Waals surface area contributed by atoms with Crippen LogP contribution >= 0.6 is 0 Å². The van der Waals surface area contributed by atoms with E-state index in [1.165, 1.54) is 0 Å². The summed E-state index contributed by atoms with van der Waals surface area (Å²) < 4.78 is 0. The molecule has 0 aliphatic carbocycles. The van der Waals surface area contributed by atoms with Crippen molar-refractivity contribution in [3.05, 3.63) is 11.4 Å². The van der Waals surface area contributed by atoms with Gasteiger partial charge in [0.2, 0.25) is 5.95 Å². The Morgan fingerprint density at radius 2 is 2.06 bits per heavy atom. The monoisotopic (exact) mass is 235 g/mol. The van der Waals surface area contributed by atoms with Crippen LogP contribution in [0.5, 0.6) is 0 Å². The van der Waals surface area contributed by atoms with Crippen LogP contribution in [0.15, 0.2) is 0 Å². The number of nitrogens with two attached hydrogens (primary N) is 1. The lowest BCUT2D eigenvalue weighted by Crippen LogP contribution is -2.47. The minimum absolute atomic E-state index is 0.316. The molecule has 5 nitrogen and oxygen atoms in total. The highest BCUT2D eigenvalue weighted by molar-refractivity contribution is 5.31. The molecule has 2 heterocycles. The number of aromatic nitrogens is 3. The van der Waals surface area contributed by atoms with Gasteiger partial charge in [0.1, 0.15) is 0 Å². The van der Waals surface area contributed by atoms with E-state index in [9.17, 15) is 0 Å². The van der Waals surface area contributed by atoms with Crippen molar-refractivity contribution in [2.45, 2.75) is 39.7 Å². The standard InChI is InChI=1S/C12H21N5/c1-4-10-7-17(6-5-11(10)13)12-14-8(2)9(3)15-16-12/h10-11H,4-7,13H2,1-3H3. The van der Waals surface area contributed by atoms with Gasteiger partial charge in [0, 0.05) is 19.1 Å². The Kier molecular flexibility index (Phi) is 3.57. The van der Waals surface area contributed by atoms with Crippen molar-refractivity contribution >= 4 is 5.95 Å². The lowest BCUT2D eigenvalue weighted by Gasteiger charge is -2.36. The second-order valence-electron chi connectivity index (χ2n) is 4.85. The molecule has 2 N–H and O–H groups in total. The summed E-state index contributed by atoms with van der Waals surface area (Å²) in [5.41, 5.74) is 7.95. The van der Waals surface area contributed by atoms with Gasteiger partial charge in [-0.05, 0) is 26.2 Å². The highest BCUT2D eigenvalue weighted by Crippen LogP contribution is 2.21. The normalized spacial score (nSPS) is 25.1. The molecule has 1 aromatic heterocycles. The van der Waals surface area contributed by atoms with Crippen LogP contribution in [0.25, 0.3) is 0 Å². The topological polar surface area (TPSA) is 67.9 Å². The fourth-order valence-electron chi connectivity index (χ4n) is 2.24. The van der Waals surface area contributed by atoms with Crippen LogP contribution in [-0.2, 0) is 0 Å². The first-order chi connectivity index (χ1) is 8.11. The summed E-state index contributed by atoms with van der Waals surface area (Å²) in [6.07, 6.45) is 2.12. The molecule has 1 aromatic rings. The molecule has 17 heavy (non-hydrogen) atoms. The minimum Gasteiger partial charge on any atom is -0.339 e. The second kappa shape index (κ2) is 4.96. The Morgan fingerprint density at radius 1 is 1.29 bits per heavy atom. The van der Waals surface area contributed by atoms with Crippen LogP contribution in [0.4, 0.5) is 5.95 Å². The average Bonchev–Trinajstić information content (AvgIpc) is 2.33. The third-order valence-electron chi connectivity index (χ3n) is 3.68. The molecular weight excluding hydrogens is 214 g/mol. The zero-order chi connectivity index (χ0) is 12.4. The Balaban J connectivity index is 2.14. The lowest BCUT2D eigenvalue weighted by atomic mass is 9.91. The summed E-state index contributed by atoms with van der Waals surface area (Å²) in [5, 5.41) is 8.32. The maximum absolute atomic E-state index is 6.10. The van der Waals surface area contributed by atoms with Gasteiger partial charge in [0.25, 0.3) is 0 Å². The number of rotatable bonds is 2. The smallest absolute Gasteiger partial charge is 0.245 e. The molecule has 1 fully saturated rings. The van der Waals surface area contributed by atoms with E-state index in [1.807, 2.05) is 13.8 Å². The van der Waals surface area contributed by atoms with Crippen LogP contribution in [0.1, 0.15) is 31.2 Å². The molecule has 0 saturated carbocycles. The molecule has 2 atom stereocenters. The predicted octanol–water partition coefficient (Wildman–Crippen LogP) is 1.05. The predicted molar refractivity (Wildman–Crippen MR) is 67.9 cm³/mol. The Hall–Kier alpha value is -1.23. The van der Waals surface area contributed by atoms with E-state index < -0.39 is 0 Å². The molecule has 1 saturated heterocycles. The third-order valence-corrected chi connectivity index (χ3v) is 3.68. The molecule has 0 amide bonds. The summed E-state index contributed by atoms with van der Waals surface area (Å²) >= 11 is 0. The largest absolute Gasteiger partial charge is 0.339 e. The summed E-state index contributed by atoms with van der Waals surface area (Å²) in [6.45, 7) is 7.97. The van der Waals surface area contributed by atoms with Crippen LogP contribution in [0, 0.1) is 19.8 Å². The zero-order valence-electron chi connectivity index (χ0n) is 10.8. The molecular formula is C12H21N5. The van der Waals surface area contributed by atoms with Crippen LogP contribution in [-0.4, -0.2) is 34.3 Å². The fraction of sp³-hybridized carbons (Fsp3) is 0.750. The van der Waals surface area contributed by atoms with Crippen molar-refractivity contribution in [1.29, 1.82) is 0 Å². The van der Waals surface area contributed by atoms with Gasteiger partial charge in [-0.3, -0.25) is 0 Å². The molecule has 0 bridgehead atoms. The molecule has 0 spiro atoms. The van der Waals surface area contributed by atoms with Gasteiger partial charge in [-0.15, -0.1) is 5.10 Å². The summed E-state index contributed by atoms with van der Waals surface area (Å²) in [7, 11) is 0. The van der Waals surface area contributed by atoms with Crippen LogP contribution < -0.4 is 10.6 Å². The van der Waals surface area contributed by atoms with Crippen molar-refractivity contribution in [2.75, 3.05) is 18.0 Å². The fourth-order valence-corrected chi connectivity index (χ4v) is 2.24. The lowest BCUT2D eigenvalue weighted by molar-refractivity contribution is 0.344. The maximum atomic E-state index is 6.10. The molecule has 5 heteroatoms. The molecule has 2 unspecified atom stereocenters. The van der Waals surface area contributed by atoms with E-state index in [0.29, 0.717) is 12.0 Å². The molecule has 0 aromatic carbocycles. The highest BCUT2D eigenvalue weighted by atomic mass is 15.3. The van der Waals surface area contributed by atoms with Crippen molar-refractivity contribution < 1.29 is 0 Å². The van der Waals surface area contributed by atoms with Crippen molar-refractivity contribution in [3.8, 4) is 0 Å². The molecule has 2 rings (SSSR count). The minimum atomic E-state index is 0.316. The number of nitrogens with zero attached hydrogens (tertiary/aromatic N) is 4. The Labute approximate surface area is 102 Å². The van der Waals surface area contributed by atoms with Crippen molar-refractivity contribution in [1.82, 2.24) is 15.2 Å². The van der Waals surface area contributed by atoms with Crippen molar-refractivity contribution in [3.63, 3.8) is 0 Å². The Morgan fingerprint density at radius 3 is 2.71 bits per heavy atom. The highest BCUT2D eigenvalue weighted by Gasteiger charge is 2.26.